The van der Waals surface area contributed by atoms with Gasteiger partial charge in [-0.25, -0.2) is 9.13 Å². The van der Waals surface area contributed by atoms with Gasteiger partial charge in [-0.1, -0.05) is 59.6 Å². The Morgan fingerprint density at radius 1 is 0.963 bits per heavy atom. The van der Waals surface area contributed by atoms with Crippen LogP contribution >= 0.6 is 23.2 Å². The maximum Gasteiger partial charge on any atom is 0.257 e. The molecule has 0 aliphatic carbocycles. The second-order valence-electron chi connectivity index (χ2n) is 6.62. The van der Waals surface area contributed by atoms with Crippen LogP contribution in [0.25, 0.3) is 11.3 Å². The van der Waals surface area contributed by atoms with Crippen LogP contribution in [0.2, 0.25) is 10.0 Å². The maximum atomic E-state index is 6.41. The lowest BCUT2D eigenvalue weighted by molar-refractivity contribution is -0.695. The zero-order valence-corrected chi connectivity index (χ0v) is 18.1. The van der Waals surface area contributed by atoms with Gasteiger partial charge >= 0.3 is 0 Å². The molecule has 1 aromatic heterocycles. The molecule has 0 spiro atoms. The Balaban J connectivity index is 0.00000131. The van der Waals surface area contributed by atoms with Crippen LogP contribution in [0.3, 0.4) is 0 Å². The first-order chi connectivity index (χ1) is 12.2. The van der Waals surface area contributed by atoms with Crippen molar-refractivity contribution in [1.82, 2.24) is 4.57 Å². The lowest BCUT2D eigenvalue weighted by Crippen LogP contribution is -3.00. The molecule has 1 aliphatic rings. The summed E-state index contributed by atoms with van der Waals surface area (Å²) >= 11 is 12.5. The molecule has 0 atom stereocenters. The lowest BCUT2D eigenvalue weighted by Gasteiger charge is -2.05. The van der Waals surface area contributed by atoms with Crippen LogP contribution in [0.1, 0.15) is 30.7 Å². The van der Waals surface area contributed by atoms with E-state index < -0.39 is 0 Å². The van der Waals surface area contributed by atoms with Gasteiger partial charge in [0, 0.05) is 27.6 Å². The summed E-state index contributed by atoms with van der Waals surface area (Å²) in [5.74, 6) is 1.39. The Labute approximate surface area is 180 Å². The highest BCUT2D eigenvalue weighted by Gasteiger charge is 2.26. The predicted octanol–water partition coefficient (Wildman–Crippen LogP) is 1.70. The van der Waals surface area contributed by atoms with Gasteiger partial charge < -0.3 is 22.5 Å². The Bertz CT molecular complexity index is 897. The molecule has 4 rings (SSSR count). The van der Waals surface area contributed by atoms with Crippen LogP contribution < -0.4 is 21.5 Å². The van der Waals surface area contributed by atoms with Gasteiger partial charge in [0.05, 0.1) is 6.54 Å². The van der Waals surface area contributed by atoms with Crippen molar-refractivity contribution in [2.45, 2.75) is 38.8 Å². The summed E-state index contributed by atoms with van der Waals surface area (Å²) in [5, 5.41) is 1.41. The Kier molecular flexibility index (Phi) is 7.92. The molecule has 2 aromatic carbocycles. The minimum absolute atomic E-state index is 0. The zero-order chi connectivity index (χ0) is 17.2. The van der Waals surface area contributed by atoms with E-state index in [0.717, 1.165) is 30.1 Å². The number of imidazole rings is 1. The summed E-state index contributed by atoms with van der Waals surface area (Å²) < 4.78 is 4.86. The Morgan fingerprint density at radius 3 is 2.48 bits per heavy atom. The number of hydrogen-bond acceptors (Lipinski definition) is 0. The molecule has 144 valence electrons. The van der Waals surface area contributed by atoms with E-state index in [2.05, 4.69) is 45.7 Å². The molecule has 0 bridgehead atoms. The van der Waals surface area contributed by atoms with Gasteiger partial charge in [-0.2, -0.15) is 0 Å². The Hall–Kier alpha value is -1.33. The highest BCUT2D eigenvalue weighted by atomic mass is 79.9. The summed E-state index contributed by atoms with van der Waals surface area (Å²) in [6, 6.07) is 16.4. The van der Waals surface area contributed by atoms with Gasteiger partial charge in [-0.15, -0.1) is 0 Å². The molecular formula is C21H23BrCl2N2O. The first kappa shape index (κ1) is 22.0. The van der Waals surface area contributed by atoms with E-state index in [4.69, 9.17) is 23.2 Å². The van der Waals surface area contributed by atoms with E-state index in [0.29, 0.717) is 5.02 Å². The molecule has 3 aromatic rings. The van der Waals surface area contributed by atoms with E-state index in [9.17, 15) is 0 Å². The van der Waals surface area contributed by atoms with E-state index in [1.54, 1.807) is 0 Å². The SMILES string of the molecule is Clc1ccc(C[n+]2cc(-c3ccccc3)n3c2CCCCC3)c(Cl)c1.O.[Br-]. The van der Waals surface area contributed by atoms with E-state index >= 15 is 0 Å². The largest absolute Gasteiger partial charge is 1.00 e. The van der Waals surface area contributed by atoms with Gasteiger partial charge in [0.25, 0.3) is 5.82 Å². The zero-order valence-electron chi connectivity index (χ0n) is 15.0. The van der Waals surface area contributed by atoms with E-state index in [1.807, 2.05) is 18.2 Å². The number of hydrogen-bond donors (Lipinski definition) is 0. The number of aromatic nitrogens is 2. The van der Waals surface area contributed by atoms with Crippen molar-refractivity contribution in [3.63, 3.8) is 0 Å². The number of nitrogens with zero attached hydrogens (tertiary/aromatic N) is 2. The second kappa shape index (κ2) is 9.74. The van der Waals surface area contributed by atoms with Crippen molar-refractivity contribution in [3.05, 3.63) is 76.2 Å². The third-order valence-electron chi connectivity index (χ3n) is 4.92. The summed E-state index contributed by atoms with van der Waals surface area (Å²) in [6.07, 6.45) is 7.16. The smallest absolute Gasteiger partial charge is 0.257 e. The third-order valence-corrected chi connectivity index (χ3v) is 5.51. The first-order valence-corrected chi connectivity index (χ1v) is 9.59. The van der Waals surface area contributed by atoms with Gasteiger partial charge in [-0.3, -0.25) is 0 Å². The first-order valence-electron chi connectivity index (χ1n) is 8.83. The highest BCUT2D eigenvalue weighted by molar-refractivity contribution is 6.35. The summed E-state index contributed by atoms with van der Waals surface area (Å²) in [6.45, 7) is 1.86. The fourth-order valence-electron chi connectivity index (χ4n) is 3.65. The third kappa shape index (κ3) is 4.75. The van der Waals surface area contributed by atoms with Crippen molar-refractivity contribution in [1.29, 1.82) is 0 Å². The molecule has 6 heteroatoms. The number of benzene rings is 2. The number of fused-ring (bicyclic) bond motifs is 1. The quantitative estimate of drug-likeness (QED) is 0.524. The molecule has 0 saturated carbocycles. The van der Waals surface area contributed by atoms with Gasteiger partial charge in [0.2, 0.25) is 0 Å². The van der Waals surface area contributed by atoms with Crippen molar-refractivity contribution in [2.75, 3.05) is 0 Å². The molecule has 3 nitrogen and oxygen atoms in total. The number of halogens is 3. The summed E-state index contributed by atoms with van der Waals surface area (Å²) in [7, 11) is 0. The van der Waals surface area contributed by atoms with Gasteiger partial charge in [0.1, 0.15) is 12.7 Å². The molecule has 0 fully saturated rings. The van der Waals surface area contributed by atoms with Crippen molar-refractivity contribution < 1.29 is 27.0 Å². The molecule has 0 radical (unpaired) electrons. The van der Waals surface area contributed by atoms with Crippen LogP contribution in [0.15, 0.2) is 54.7 Å². The molecule has 0 unspecified atom stereocenters. The van der Waals surface area contributed by atoms with Gasteiger partial charge in [0.15, 0.2) is 5.69 Å². The molecule has 0 saturated heterocycles. The van der Waals surface area contributed by atoms with E-state index in [1.165, 1.54) is 36.3 Å². The monoisotopic (exact) mass is 468 g/mol. The normalized spacial score (nSPS) is 13.1. The topological polar surface area (TPSA) is 40.3 Å². The van der Waals surface area contributed by atoms with Crippen LogP contribution in [-0.2, 0) is 19.5 Å². The molecule has 27 heavy (non-hydrogen) atoms. The lowest BCUT2D eigenvalue weighted by atomic mass is 10.1. The minimum Gasteiger partial charge on any atom is -1.00 e. The average molecular weight is 470 g/mol. The van der Waals surface area contributed by atoms with Crippen LogP contribution in [0, 0.1) is 0 Å². The van der Waals surface area contributed by atoms with Crippen LogP contribution in [0.4, 0.5) is 0 Å². The Morgan fingerprint density at radius 2 is 1.74 bits per heavy atom. The summed E-state index contributed by atoms with van der Waals surface area (Å²) in [5.41, 5.74) is 3.67. The fourth-order valence-corrected chi connectivity index (χ4v) is 4.12. The van der Waals surface area contributed by atoms with Crippen molar-refractivity contribution in [2.24, 2.45) is 0 Å². The molecular weight excluding hydrogens is 447 g/mol. The maximum absolute atomic E-state index is 6.41. The van der Waals surface area contributed by atoms with Crippen molar-refractivity contribution >= 4 is 23.2 Å². The molecule has 2 heterocycles. The minimum atomic E-state index is 0. The number of rotatable bonds is 3. The molecule has 0 amide bonds. The fraction of sp³-hybridized carbons (Fsp3) is 0.286. The molecule has 1 aliphatic heterocycles. The standard InChI is InChI=1S/C21H21Cl2N2.BrH.H2O/c22-18-11-10-17(19(23)13-18)14-24-15-20(16-7-3-1-4-8-16)25-12-6-2-5-9-21(24)25;;/h1,3-4,7-8,10-11,13,15H,2,5-6,9,12,14H2;1H;1H2/q+1;;/p-1. The summed E-state index contributed by atoms with van der Waals surface area (Å²) in [4.78, 5) is 0. The van der Waals surface area contributed by atoms with E-state index in [-0.39, 0.29) is 22.5 Å². The van der Waals surface area contributed by atoms with Gasteiger partial charge in [-0.05, 0) is 31.4 Å². The average Bonchev–Trinajstić information content (AvgIpc) is 2.79. The van der Waals surface area contributed by atoms with Crippen LogP contribution in [0.5, 0.6) is 0 Å². The van der Waals surface area contributed by atoms with Crippen LogP contribution in [-0.4, -0.2) is 10.0 Å². The highest BCUT2D eigenvalue weighted by Crippen LogP contribution is 2.25. The van der Waals surface area contributed by atoms with Crippen molar-refractivity contribution in [3.8, 4) is 11.3 Å². The second-order valence-corrected chi connectivity index (χ2v) is 7.47. The predicted molar refractivity (Wildman–Crippen MR) is 107 cm³/mol. The molecule has 2 N–H and O–H groups in total.